The van der Waals surface area contributed by atoms with Crippen molar-refractivity contribution in [3.63, 3.8) is 0 Å². The first-order valence-corrected chi connectivity index (χ1v) is 6.85. The number of aromatic amines is 1. The van der Waals surface area contributed by atoms with E-state index in [1.807, 2.05) is 24.3 Å². The van der Waals surface area contributed by atoms with Crippen molar-refractivity contribution in [3.05, 3.63) is 63.5 Å². The monoisotopic (exact) mass is 285 g/mol. The van der Waals surface area contributed by atoms with E-state index in [2.05, 4.69) is 15.3 Å². The van der Waals surface area contributed by atoms with Gasteiger partial charge in [0.05, 0.1) is 22.3 Å². The van der Waals surface area contributed by atoms with E-state index in [0.717, 1.165) is 15.2 Å². The molecule has 20 heavy (non-hydrogen) atoms. The number of pyridine rings is 1. The molecular weight excluding hydrogens is 274 g/mol. The molecule has 0 aliphatic heterocycles. The van der Waals surface area contributed by atoms with Crippen LogP contribution in [0.1, 0.15) is 15.4 Å². The van der Waals surface area contributed by atoms with Gasteiger partial charge in [0, 0.05) is 12.3 Å². The zero-order valence-electron chi connectivity index (χ0n) is 10.4. The number of nitrogens with zero attached hydrogens (tertiary/aromatic N) is 1. The second kappa shape index (κ2) is 5.26. The lowest BCUT2D eigenvalue weighted by molar-refractivity contribution is 0.0950. The Hall–Kier alpha value is -2.47. The molecule has 0 atom stereocenters. The third-order valence-corrected chi connectivity index (χ3v) is 3.82. The molecule has 6 heteroatoms. The molecular formula is C14H11N3O2S. The minimum absolute atomic E-state index is 0.229. The van der Waals surface area contributed by atoms with Gasteiger partial charge in [-0.1, -0.05) is 12.1 Å². The minimum Gasteiger partial charge on any atom is -0.345 e. The predicted molar refractivity (Wildman–Crippen MR) is 77.9 cm³/mol. The van der Waals surface area contributed by atoms with Gasteiger partial charge in [0.25, 0.3) is 5.91 Å². The van der Waals surface area contributed by atoms with Crippen LogP contribution in [-0.2, 0) is 6.54 Å². The molecule has 0 saturated carbocycles. The first kappa shape index (κ1) is 12.6. The van der Waals surface area contributed by atoms with E-state index in [1.54, 1.807) is 11.3 Å². The van der Waals surface area contributed by atoms with Crippen molar-refractivity contribution in [1.82, 2.24) is 15.3 Å². The third-order valence-electron chi connectivity index (χ3n) is 2.78. The molecule has 0 radical (unpaired) electrons. The fraction of sp³-hybridized carbons (Fsp3) is 0.0714. The summed E-state index contributed by atoms with van der Waals surface area (Å²) in [6.07, 6.45) is 1.40. The van der Waals surface area contributed by atoms with Gasteiger partial charge in [0.2, 0.25) is 5.56 Å². The van der Waals surface area contributed by atoms with Crippen molar-refractivity contribution in [2.24, 2.45) is 0 Å². The molecule has 2 aromatic heterocycles. The van der Waals surface area contributed by atoms with Crippen molar-refractivity contribution in [3.8, 4) is 0 Å². The van der Waals surface area contributed by atoms with Crippen LogP contribution in [0.3, 0.4) is 0 Å². The van der Waals surface area contributed by atoms with Crippen molar-refractivity contribution in [2.45, 2.75) is 6.54 Å². The Kier molecular flexibility index (Phi) is 3.30. The van der Waals surface area contributed by atoms with Crippen molar-refractivity contribution >= 4 is 27.5 Å². The molecule has 1 amide bonds. The standard InChI is InChI=1S/C14H11N3O2S/c18-12-6-5-9(7-15-12)14(19)16-8-13-17-10-3-1-2-4-11(10)20-13/h1-7H,8H2,(H,15,18)(H,16,19). The van der Waals surface area contributed by atoms with Crippen molar-refractivity contribution in [2.75, 3.05) is 0 Å². The Balaban J connectivity index is 1.71. The average Bonchev–Trinajstić information content (AvgIpc) is 2.88. The number of para-hydroxylation sites is 1. The van der Waals surface area contributed by atoms with Crippen LogP contribution in [0.25, 0.3) is 10.2 Å². The Morgan fingerprint density at radius 2 is 2.10 bits per heavy atom. The second-order valence-corrected chi connectivity index (χ2v) is 5.31. The second-order valence-electron chi connectivity index (χ2n) is 4.20. The summed E-state index contributed by atoms with van der Waals surface area (Å²) >= 11 is 1.55. The highest BCUT2D eigenvalue weighted by Crippen LogP contribution is 2.21. The quantitative estimate of drug-likeness (QED) is 0.772. The molecule has 0 bridgehead atoms. The summed E-state index contributed by atoms with van der Waals surface area (Å²) < 4.78 is 1.10. The summed E-state index contributed by atoms with van der Waals surface area (Å²) in [5, 5.41) is 3.63. The molecule has 3 aromatic rings. The van der Waals surface area contributed by atoms with Crippen molar-refractivity contribution in [1.29, 1.82) is 0 Å². The summed E-state index contributed by atoms with van der Waals surface area (Å²) in [4.78, 5) is 29.7. The number of nitrogens with one attached hydrogen (secondary N) is 2. The molecule has 0 aliphatic rings. The lowest BCUT2D eigenvalue weighted by atomic mass is 10.3. The molecule has 3 rings (SSSR count). The van der Waals surface area contributed by atoms with Crippen LogP contribution >= 0.6 is 11.3 Å². The highest BCUT2D eigenvalue weighted by atomic mass is 32.1. The van der Waals surface area contributed by atoms with Crippen LogP contribution in [0, 0.1) is 0 Å². The number of hydrogen-bond acceptors (Lipinski definition) is 4. The van der Waals surface area contributed by atoms with Crippen LogP contribution in [0.2, 0.25) is 0 Å². The Labute approximate surface area is 118 Å². The highest BCUT2D eigenvalue weighted by molar-refractivity contribution is 7.18. The van der Waals surface area contributed by atoms with E-state index in [9.17, 15) is 9.59 Å². The normalized spacial score (nSPS) is 10.6. The summed E-state index contributed by atoms with van der Waals surface area (Å²) in [7, 11) is 0. The number of thiazole rings is 1. The van der Waals surface area contributed by atoms with Gasteiger partial charge in [-0.05, 0) is 18.2 Å². The van der Waals surface area contributed by atoms with Gasteiger partial charge < -0.3 is 10.3 Å². The predicted octanol–water partition coefficient (Wildman–Crippen LogP) is 1.91. The molecule has 5 nitrogen and oxygen atoms in total. The summed E-state index contributed by atoms with van der Waals surface area (Å²) in [6.45, 7) is 0.372. The van der Waals surface area contributed by atoms with E-state index in [1.165, 1.54) is 18.3 Å². The minimum atomic E-state index is -0.236. The van der Waals surface area contributed by atoms with E-state index in [4.69, 9.17) is 0 Å². The van der Waals surface area contributed by atoms with Crippen LogP contribution in [0.4, 0.5) is 0 Å². The Bertz CT molecular complexity index is 769. The highest BCUT2D eigenvalue weighted by Gasteiger charge is 2.07. The molecule has 0 spiro atoms. The number of benzene rings is 1. The number of carbonyl (C=O) groups excluding carboxylic acids is 1. The Morgan fingerprint density at radius 3 is 2.85 bits per heavy atom. The average molecular weight is 285 g/mol. The maximum Gasteiger partial charge on any atom is 0.253 e. The summed E-state index contributed by atoms with van der Waals surface area (Å²) in [5.41, 5.74) is 1.13. The lowest BCUT2D eigenvalue weighted by Gasteiger charge is -2.02. The fourth-order valence-electron chi connectivity index (χ4n) is 1.81. The topological polar surface area (TPSA) is 74.8 Å². The number of rotatable bonds is 3. The summed E-state index contributed by atoms with van der Waals surface area (Å²) in [6, 6.07) is 10.7. The van der Waals surface area contributed by atoms with Gasteiger partial charge in [0.15, 0.2) is 0 Å². The van der Waals surface area contributed by atoms with Gasteiger partial charge in [-0.2, -0.15) is 0 Å². The molecule has 100 valence electrons. The van der Waals surface area contributed by atoms with Gasteiger partial charge >= 0.3 is 0 Å². The number of hydrogen-bond donors (Lipinski definition) is 2. The van der Waals surface area contributed by atoms with Crippen molar-refractivity contribution < 1.29 is 4.79 Å². The van der Waals surface area contributed by atoms with Gasteiger partial charge in [0.1, 0.15) is 5.01 Å². The number of fused-ring (bicyclic) bond motifs is 1. The Morgan fingerprint density at radius 1 is 1.25 bits per heavy atom. The molecule has 0 fully saturated rings. The first-order chi connectivity index (χ1) is 9.72. The molecule has 2 heterocycles. The number of carbonyl (C=O) groups is 1. The number of aromatic nitrogens is 2. The fourth-order valence-corrected chi connectivity index (χ4v) is 2.71. The third kappa shape index (κ3) is 2.60. The van der Waals surface area contributed by atoms with E-state index in [0.29, 0.717) is 12.1 Å². The largest absolute Gasteiger partial charge is 0.345 e. The van der Waals surface area contributed by atoms with Gasteiger partial charge in [-0.15, -0.1) is 11.3 Å². The van der Waals surface area contributed by atoms with Gasteiger partial charge in [-0.3, -0.25) is 9.59 Å². The number of H-pyrrole nitrogens is 1. The summed E-state index contributed by atoms with van der Waals surface area (Å²) in [5.74, 6) is -0.236. The van der Waals surface area contributed by atoms with Crippen LogP contribution < -0.4 is 10.9 Å². The van der Waals surface area contributed by atoms with E-state index in [-0.39, 0.29) is 11.5 Å². The van der Waals surface area contributed by atoms with Crippen LogP contribution in [0.15, 0.2) is 47.4 Å². The smallest absolute Gasteiger partial charge is 0.253 e. The van der Waals surface area contributed by atoms with Crippen LogP contribution in [0.5, 0.6) is 0 Å². The van der Waals surface area contributed by atoms with E-state index < -0.39 is 0 Å². The van der Waals surface area contributed by atoms with Crippen LogP contribution in [-0.4, -0.2) is 15.9 Å². The zero-order chi connectivity index (χ0) is 13.9. The molecule has 0 unspecified atom stereocenters. The molecule has 0 saturated heterocycles. The molecule has 2 N–H and O–H groups in total. The maximum atomic E-state index is 11.9. The lowest BCUT2D eigenvalue weighted by Crippen LogP contribution is -2.23. The van der Waals surface area contributed by atoms with Gasteiger partial charge in [-0.25, -0.2) is 4.98 Å². The molecule has 1 aromatic carbocycles. The maximum absolute atomic E-state index is 11.9. The SMILES string of the molecule is O=C(NCc1nc2ccccc2s1)c1ccc(=O)[nH]c1. The molecule has 0 aliphatic carbocycles. The zero-order valence-corrected chi connectivity index (χ0v) is 11.2. The first-order valence-electron chi connectivity index (χ1n) is 6.04. The number of amides is 1. The van der Waals surface area contributed by atoms with E-state index >= 15 is 0 Å².